The predicted molar refractivity (Wildman–Crippen MR) is 63.7 cm³/mol. The summed E-state index contributed by atoms with van der Waals surface area (Å²) in [5.41, 5.74) is 0.763. The smallest absolute Gasteiger partial charge is 0.177 e. The summed E-state index contributed by atoms with van der Waals surface area (Å²) < 4.78 is 5.58. The van der Waals surface area contributed by atoms with Gasteiger partial charge in [-0.1, -0.05) is 18.2 Å². The van der Waals surface area contributed by atoms with E-state index >= 15 is 0 Å². The zero-order valence-electron chi connectivity index (χ0n) is 9.82. The fourth-order valence-corrected chi connectivity index (χ4v) is 1.85. The molecule has 0 amide bonds. The Morgan fingerprint density at radius 2 is 2.22 bits per heavy atom. The summed E-state index contributed by atoms with van der Waals surface area (Å²) in [6.07, 6.45) is -0.477. The summed E-state index contributed by atoms with van der Waals surface area (Å²) in [6, 6.07) is 9.46. The summed E-state index contributed by atoms with van der Waals surface area (Å²) in [6.45, 7) is 0. The van der Waals surface area contributed by atoms with E-state index in [0.29, 0.717) is 11.6 Å². The zero-order valence-corrected chi connectivity index (χ0v) is 9.82. The molecule has 0 spiro atoms. The van der Waals surface area contributed by atoms with Gasteiger partial charge in [0.2, 0.25) is 0 Å². The van der Waals surface area contributed by atoms with Crippen LogP contribution in [0.1, 0.15) is 17.7 Å². The molecule has 6 heteroatoms. The molecule has 0 saturated heterocycles. The third-order valence-corrected chi connectivity index (χ3v) is 2.70. The topological polar surface area (TPSA) is 77.0 Å². The van der Waals surface area contributed by atoms with E-state index < -0.39 is 6.10 Å². The Labute approximate surface area is 103 Å². The standard InChI is InChI=1S/C12H12N4O2/c1-16-14-12(13-15-16)7-9(17)11-6-8-4-2-3-5-10(8)18-11/h2-6,9,17H,7H2,1H3. The second-order valence-corrected chi connectivity index (χ2v) is 4.10. The van der Waals surface area contributed by atoms with Gasteiger partial charge in [-0.15, -0.1) is 10.2 Å². The number of hydrogen-bond acceptors (Lipinski definition) is 5. The van der Waals surface area contributed by atoms with Crippen molar-refractivity contribution < 1.29 is 9.52 Å². The summed E-state index contributed by atoms with van der Waals surface area (Å²) in [5, 5.41) is 22.6. The number of tetrazole rings is 1. The van der Waals surface area contributed by atoms with E-state index in [9.17, 15) is 5.11 Å². The summed E-state index contributed by atoms with van der Waals surface area (Å²) in [7, 11) is 1.68. The third kappa shape index (κ3) is 1.98. The first-order chi connectivity index (χ1) is 8.72. The molecule has 0 aliphatic heterocycles. The van der Waals surface area contributed by atoms with Crippen LogP contribution in [0.15, 0.2) is 34.7 Å². The molecule has 0 radical (unpaired) electrons. The maximum atomic E-state index is 10.1. The molecule has 92 valence electrons. The lowest BCUT2D eigenvalue weighted by Crippen LogP contribution is -2.02. The van der Waals surface area contributed by atoms with E-state index in [1.54, 1.807) is 7.05 Å². The molecule has 6 nitrogen and oxygen atoms in total. The number of benzene rings is 1. The third-order valence-electron chi connectivity index (χ3n) is 2.70. The van der Waals surface area contributed by atoms with Crippen molar-refractivity contribution in [2.24, 2.45) is 7.05 Å². The van der Waals surface area contributed by atoms with Crippen molar-refractivity contribution in [2.45, 2.75) is 12.5 Å². The van der Waals surface area contributed by atoms with E-state index in [1.165, 1.54) is 4.80 Å². The minimum Gasteiger partial charge on any atom is -0.458 e. The van der Waals surface area contributed by atoms with Crippen LogP contribution in [0.25, 0.3) is 11.0 Å². The van der Waals surface area contributed by atoms with Gasteiger partial charge in [-0.3, -0.25) is 0 Å². The second-order valence-electron chi connectivity index (χ2n) is 4.10. The number of aromatic nitrogens is 4. The maximum absolute atomic E-state index is 10.1. The first-order valence-corrected chi connectivity index (χ1v) is 5.62. The largest absolute Gasteiger partial charge is 0.458 e. The Balaban J connectivity index is 1.85. The molecule has 3 aromatic rings. The normalized spacial score (nSPS) is 13.0. The molecule has 0 fully saturated rings. The summed E-state index contributed by atoms with van der Waals surface area (Å²) in [4.78, 5) is 1.36. The van der Waals surface area contributed by atoms with Gasteiger partial charge in [0, 0.05) is 11.8 Å². The van der Waals surface area contributed by atoms with Gasteiger partial charge in [0.15, 0.2) is 5.82 Å². The van der Waals surface area contributed by atoms with E-state index in [2.05, 4.69) is 15.4 Å². The minimum absolute atomic E-state index is 0.285. The molecule has 1 N–H and O–H groups in total. The van der Waals surface area contributed by atoms with Crippen molar-refractivity contribution in [1.29, 1.82) is 0 Å². The molecule has 1 unspecified atom stereocenters. The number of fused-ring (bicyclic) bond motifs is 1. The molecular formula is C12H12N4O2. The van der Waals surface area contributed by atoms with Crippen molar-refractivity contribution in [3.05, 3.63) is 41.9 Å². The van der Waals surface area contributed by atoms with Gasteiger partial charge in [0.05, 0.1) is 7.05 Å². The van der Waals surface area contributed by atoms with E-state index in [4.69, 9.17) is 4.42 Å². The Morgan fingerprint density at radius 1 is 1.39 bits per heavy atom. The highest BCUT2D eigenvalue weighted by Crippen LogP contribution is 2.25. The molecular weight excluding hydrogens is 232 g/mol. The molecule has 0 bridgehead atoms. The summed E-state index contributed by atoms with van der Waals surface area (Å²) in [5.74, 6) is 1.01. The van der Waals surface area contributed by atoms with Crippen LogP contribution in [0, 0.1) is 0 Å². The molecule has 18 heavy (non-hydrogen) atoms. The molecule has 0 saturated carbocycles. The zero-order chi connectivity index (χ0) is 12.5. The van der Waals surface area contributed by atoms with Gasteiger partial charge >= 0.3 is 0 Å². The number of aliphatic hydroxyl groups excluding tert-OH is 1. The number of hydrogen-bond donors (Lipinski definition) is 1. The van der Waals surface area contributed by atoms with E-state index in [-0.39, 0.29) is 6.42 Å². The maximum Gasteiger partial charge on any atom is 0.177 e. The summed E-state index contributed by atoms with van der Waals surface area (Å²) >= 11 is 0. The molecule has 0 aliphatic rings. The minimum atomic E-state index is -0.762. The average Bonchev–Trinajstić information content (AvgIpc) is 2.95. The Kier molecular flexibility index (Phi) is 2.56. The van der Waals surface area contributed by atoms with Crippen molar-refractivity contribution in [1.82, 2.24) is 20.2 Å². The number of nitrogens with zero attached hydrogens (tertiary/aromatic N) is 4. The molecule has 2 aromatic heterocycles. The van der Waals surface area contributed by atoms with Gasteiger partial charge < -0.3 is 9.52 Å². The number of rotatable bonds is 3. The van der Waals surface area contributed by atoms with E-state index in [1.807, 2.05) is 30.3 Å². The lowest BCUT2D eigenvalue weighted by molar-refractivity contribution is 0.150. The van der Waals surface area contributed by atoms with Crippen LogP contribution in [-0.2, 0) is 13.5 Å². The number of furan rings is 1. The monoisotopic (exact) mass is 244 g/mol. The van der Waals surface area contributed by atoms with Crippen LogP contribution in [0.3, 0.4) is 0 Å². The molecule has 3 rings (SSSR count). The highest BCUT2D eigenvalue weighted by Gasteiger charge is 2.16. The highest BCUT2D eigenvalue weighted by atomic mass is 16.4. The van der Waals surface area contributed by atoms with Gasteiger partial charge in [0.25, 0.3) is 0 Å². The van der Waals surface area contributed by atoms with Crippen LogP contribution >= 0.6 is 0 Å². The van der Waals surface area contributed by atoms with Gasteiger partial charge in [-0.25, -0.2) is 0 Å². The molecule has 0 aliphatic carbocycles. The first-order valence-electron chi connectivity index (χ1n) is 5.62. The molecule has 2 heterocycles. The Morgan fingerprint density at radius 3 is 2.94 bits per heavy atom. The highest BCUT2D eigenvalue weighted by molar-refractivity contribution is 5.77. The van der Waals surface area contributed by atoms with Crippen LogP contribution in [0.4, 0.5) is 0 Å². The molecule has 1 atom stereocenters. The van der Waals surface area contributed by atoms with Gasteiger partial charge in [-0.05, 0) is 17.3 Å². The first kappa shape index (κ1) is 10.9. The Bertz CT molecular complexity index is 640. The second kappa shape index (κ2) is 4.23. The van der Waals surface area contributed by atoms with Crippen LogP contribution in [0.5, 0.6) is 0 Å². The average molecular weight is 244 g/mol. The number of para-hydroxylation sites is 1. The van der Waals surface area contributed by atoms with Crippen LogP contribution in [-0.4, -0.2) is 25.3 Å². The fourth-order valence-electron chi connectivity index (χ4n) is 1.85. The Hall–Kier alpha value is -2.21. The quantitative estimate of drug-likeness (QED) is 0.749. The van der Waals surface area contributed by atoms with Gasteiger partial charge in [-0.2, -0.15) is 4.80 Å². The van der Waals surface area contributed by atoms with Crippen molar-refractivity contribution in [2.75, 3.05) is 0 Å². The fraction of sp³-hybridized carbons (Fsp3) is 0.250. The predicted octanol–water partition coefficient (Wildman–Crippen LogP) is 1.23. The molecule has 1 aromatic carbocycles. The number of aryl methyl sites for hydroxylation is 1. The van der Waals surface area contributed by atoms with Crippen LogP contribution < -0.4 is 0 Å². The van der Waals surface area contributed by atoms with Crippen molar-refractivity contribution in [3.8, 4) is 0 Å². The lowest BCUT2D eigenvalue weighted by atomic mass is 10.2. The van der Waals surface area contributed by atoms with Crippen molar-refractivity contribution in [3.63, 3.8) is 0 Å². The number of aliphatic hydroxyl groups is 1. The lowest BCUT2D eigenvalue weighted by Gasteiger charge is -2.02. The SMILES string of the molecule is Cn1nnc(CC(O)c2cc3ccccc3o2)n1. The van der Waals surface area contributed by atoms with Crippen LogP contribution in [0.2, 0.25) is 0 Å². The van der Waals surface area contributed by atoms with E-state index in [0.717, 1.165) is 11.0 Å². The van der Waals surface area contributed by atoms with Gasteiger partial charge in [0.1, 0.15) is 17.4 Å². The van der Waals surface area contributed by atoms with Crippen molar-refractivity contribution >= 4 is 11.0 Å².